The maximum Gasteiger partial charge on any atom is 0.240 e. The lowest BCUT2D eigenvalue weighted by Crippen LogP contribution is -2.28. The van der Waals surface area contributed by atoms with Gasteiger partial charge in [0.25, 0.3) is 0 Å². The molecule has 18 heavy (non-hydrogen) atoms. The molecule has 3 N–H and O–H groups in total. The Morgan fingerprint density at radius 3 is 3.06 bits per heavy atom. The average Bonchev–Trinajstić information content (AvgIpc) is 2.66. The maximum absolute atomic E-state index is 11.7. The number of amides is 1. The number of nitrogens with one attached hydrogen (secondary N) is 1. The molecule has 2 rings (SSSR count). The lowest BCUT2D eigenvalue weighted by molar-refractivity contribution is -0.121. The van der Waals surface area contributed by atoms with E-state index in [-0.39, 0.29) is 12.5 Å². The number of nitrogens with two attached hydrogens (primary N) is 1. The monoisotopic (exact) mass is 266 g/mol. The summed E-state index contributed by atoms with van der Waals surface area (Å²) in [7, 11) is 0. The zero-order valence-corrected chi connectivity index (χ0v) is 10.9. The number of benzene rings is 1. The first-order valence-electron chi connectivity index (χ1n) is 5.80. The highest BCUT2D eigenvalue weighted by Crippen LogP contribution is 2.24. The molecule has 0 saturated carbocycles. The van der Waals surface area contributed by atoms with Gasteiger partial charge in [0.15, 0.2) is 0 Å². The van der Waals surface area contributed by atoms with Gasteiger partial charge in [-0.05, 0) is 18.6 Å². The highest BCUT2D eigenvalue weighted by atomic mass is 35.5. The predicted molar refractivity (Wildman–Crippen MR) is 72.5 cm³/mol. The molecule has 96 valence electrons. The third-order valence-corrected chi connectivity index (χ3v) is 2.94. The van der Waals surface area contributed by atoms with Gasteiger partial charge in [0.2, 0.25) is 11.9 Å². The van der Waals surface area contributed by atoms with Gasteiger partial charge in [-0.2, -0.15) is 0 Å². The number of para-hydroxylation sites is 1. The number of anilines is 1. The summed E-state index contributed by atoms with van der Waals surface area (Å²) in [6.07, 6.45) is 0.901. The zero-order valence-electron chi connectivity index (χ0n) is 10.1. The first-order valence-corrected chi connectivity index (χ1v) is 6.18. The van der Waals surface area contributed by atoms with E-state index in [1.54, 1.807) is 10.6 Å². The number of nitrogen functional groups attached to an aromatic ring is 1. The Morgan fingerprint density at radius 1 is 1.56 bits per heavy atom. The molecule has 1 amide bonds. The van der Waals surface area contributed by atoms with E-state index in [1.807, 2.05) is 19.1 Å². The summed E-state index contributed by atoms with van der Waals surface area (Å²) in [5, 5.41) is 3.34. The van der Waals surface area contributed by atoms with E-state index in [1.165, 1.54) is 0 Å². The van der Waals surface area contributed by atoms with Crippen LogP contribution in [-0.4, -0.2) is 22.0 Å². The Bertz CT molecular complexity index is 579. The summed E-state index contributed by atoms with van der Waals surface area (Å²) in [5.74, 6) is 0.215. The zero-order chi connectivity index (χ0) is 13.1. The molecule has 0 aliphatic rings. The average molecular weight is 267 g/mol. The number of rotatable bonds is 4. The van der Waals surface area contributed by atoms with Gasteiger partial charge >= 0.3 is 0 Å². The topological polar surface area (TPSA) is 72.9 Å². The Labute approximate surface area is 110 Å². The third kappa shape index (κ3) is 2.41. The van der Waals surface area contributed by atoms with E-state index in [0.717, 1.165) is 11.9 Å². The summed E-state index contributed by atoms with van der Waals surface area (Å²) >= 11 is 6.03. The molecule has 0 aliphatic heterocycles. The molecule has 5 nitrogen and oxygen atoms in total. The van der Waals surface area contributed by atoms with E-state index >= 15 is 0 Å². The van der Waals surface area contributed by atoms with Crippen LogP contribution in [0, 0.1) is 0 Å². The molecule has 1 aromatic carbocycles. The minimum atomic E-state index is -0.0807. The van der Waals surface area contributed by atoms with Gasteiger partial charge in [0.05, 0.1) is 10.5 Å². The molecule has 1 aromatic heterocycles. The van der Waals surface area contributed by atoms with Crippen LogP contribution in [0.3, 0.4) is 0 Å². The van der Waals surface area contributed by atoms with Crippen molar-refractivity contribution in [3.05, 3.63) is 23.2 Å². The van der Waals surface area contributed by atoms with Gasteiger partial charge in [-0.15, -0.1) is 0 Å². The van der Waals surface area contributed by atoms with Gasteiger partial charge in [0, 0.05) is 6.54 Å². The van der Waals surface area contributed by atoms with E-state index < -0.39 is 0 Å². The number of aromatic nitrogens is 2. The van der Waals surface area contributed by atoms with E-state index in [2.05, 4.69) is 10.3 Å². The van der Waals surface area contributed by atoms with Gasteiger partial charge in [-0.1, -0.05) is 24.6 Å². The predicted octanol–water partition coefficient (Wildman–Crippen LogP) is 1.80. The number of nitrogens with zero attached hydrogens (tertiary/aromatic N) is 2. The van der Waals surface area contributed by atoms with Gasteiger partial charge < -0.3 is 15.6 Å². The Kier molecular flexibility index (Phi) is 3.72. The van der Waals surface area contributed by atoms with Crippen LogP contribution in [0.5, 0.6) is 0 Å². The van der Waals surface area contributed by atoms with Crippen LogP contribution in [-0.2, 0) is 11.3 Å². The molecule has 0 radical (unpaired) electrons. The number of hydrogen-bond acceptors (Lipinski definition) is 3. The molecular formula is C12H15ClN4O. The third-order valence-electron chi connectivity index (χ3n) is 2.63. The molecule has 0 saturated heterocycles. The SMILES string of the molecule is CCCNC(=O)Cn1c(N)nc2c(Cl)cccc21. The Hall–Kier alpha value is -1.75. The summed E-state index contributed by atoms with van der Waals surface area (Å²) in [6.45, 7) is 2.82. The molecule has 0 aliphatic carbocycles. The quantitative estimate of drug-likeness (QED) is 0.886. The number of imidazole rings is 1. The highest BCUT2D eigenvalue weighted by molar-refractivity contribution is 6.35. The molecule has 2 aromatic rings. The number of carbonyl (C=O) groups is 1. The van der Waals surface area contributed by atoms with Crippen LogP contribution in [0.4, 0.5) is 5.95 Å². The fourth-order valence-corrected chi connectivity index (χ4v) is 1.97. The van der Waals surface area contributed by atoms with Crippen LogP contribution in [0.15, 0.2) is 18.2 Å². The molecule has 0 bridgehead atoms. The fraction of sp³-hybridized carbons (Fsp3) is 0.333. The molecule has 0 spiro atoms. The molecule has 0 atom stereocenters. The normalized spacial score (nSPS) is 10.8. The van der Waals surface area contributed by atoms with Crippen molar-refractivity contribution in [1.82, 2.24) is 14.9 Å². The second-order valence-electron chi connectivity index (χ2n) is 4.01. The van der Waals surface area contributed by atoms with Crippen molar-refractivity contribution >= 4 is 34.5 Å². The molecule has 0 fully saturated rings. The van der Waals surface area contributed by atoms with Crippen molar-refractivity contribution in [2.24, 2.45) is 0 Å². The van der Waals surface area contributed by atoms with Crippen LogP contribution in [0.25, 0.3) is 11.0 Å². The number of fused-ring (bicyclic) bond motifs is 1. The van der Waals surface area contributed by atoms with Gasteiger partial charge in [0.1, 0.15) is 12.1 Å². The summed E-state index contributed by atoms with van der Waals surface area (Å²) in [5.41, 5.74) is 7.21. The first-order chi connectivity index (χ1) is 8.63. The second-order valence-corrected chi connectivity index (χ2v) is 4.42. The minimum absolute atomic E-state index is 0.0807. The first kappa shape index (κ1) is 12.7. The van der Waals surface area contributed by atoms with Crippen molar-refractivity contribution in [3.8, 4) is 0 Å². The van der Waals surface area contributed by atoms with Crippen LogP contribution in [0.1, 0.15) is 13.3 Å². The maximum atomic E-state index is 11.7. The summed E-state index contributed by atoms with van der Waals surface area (Å²) < 4.78 is 1.66. The largest absolute Gasteiger partial charge is 0.369 e. The number of carbonyl (C=O) groups excluding carboxylic acids is 1. The minimum Gasteiger partial charge on any atom is -0.369 e. The molecule has 1 heterocycles. The molecule has 0 unspecified atom stereocenters. The van der Waals surface area contributed by atoms with Crippen LogP contribution >= 0.6 is 11.6 Å². The van der Waals surface area contributed by atoms with Crippen molar-refractivity contribution in [2.45, 2.75) is 19.9 Å². The number of halogens is 1. The summed E-state index contributed by atoms with van der Waals surface area (Å²) in [4.78, 5) is 15.9. The smallest absolute Gasteiger partial charge is 0.240 e. The van der Waals surface area contributed by atoms with Crippen LogP contribution < -0.4 is 11.1 Å². The van der Waals surface area contributed by atoms with Gasteiger partial charge in [-0.3, -0.25) is 4.79 Å². The van der Waals surface area contributed by atoms with E-state index in [0.29, 0.717) is 23.0 Å². The number of hydrogen-bond donors (Lipinski definition) is 2. The van der Waals surface area contributed by atoms with E-state index in [4.69, 9.17) is 17.3 Å². The summed E-state index contributed by atoms with van der Waals surface area (Å²) in [6, 6.07) is 5.40. The van der Waals surface area contributed by atoms with Crippen molar-refractivity contribution in [1.29, 1.82) is 0 Å². The second kappa shape index (κ2) is 5.27. The standard InChI is InChI=1S/C12H15ClN4O/c1-2-6-15-10(18)7-17-9-5-3-4-8(13)11(9)16-12(17)14/h3-5H,2,6-7H2,1H3,(H2,14,16)(H,15,18). The van der Waals surface area contributed by atoms with Crippen molar-refractivity contribution in [2.75, 3.05) is 12.3 Å². The van der Waals surface area contributed by atoms with E-state index in [9.17, 15) is 4.79 Å². The van der Waals surface area contributed by atoms with Crippen molar-refractivity contribution < 1.29 is 4.79 Å². The van der Waals surface area contributed by atoms with Crippen LogP contribution in [0.2, 0.25) is 5.02 Å². The highest BCUT2D eigenvalue weighted by Gasteiger charge is 2.12. The lowest BCUT2D eigenvalue weighted by Gasteiger charge is -2.07. The lowest BCUT2D eigenvalue weighted by atomic mass is 10.3. The van der Waals surface area contributed by atoms with Crippen molar-refractivity contribution in [3.63, 3.8) is 0 Å². The molecular weight excluding hydrogens is 252 g/mol. The molecule has 6 heteroatoms. The Balaban J connectivity index is 2.30. The van der Waals surface area contributed by atoms with Gasteiger partial charge in [-0.25, -0.2) is 4.98 Å². The fourth-order valence-electron chi connectivity index (χ4n) is 1.76. The Morgan fingerprint density at radius 2 is 2.33 bits per heavy atom.